The largest absolute Gasteiger partial charge is 0.385 e. The van der Waals surface area contributed by atoms with Gasteiger partial charge in [-0.15, -0.1) is 0 Å². The number of anilines is 1. The minimum atomic E-state index is 0.676. The molecule has 0 spiro atoms. The Morgan fingerprint density at radius 1 is 1.07 bits per heavy atom. The van der Waals surface area contributed by atoms with Crippen LogP contribution in [0.4, 0.5) is 5.69 Å². The smallest absolute Gasteiger partial charge is 0.0991 e. The summed E-state index contributed by atoms with van der Waals surface area (Å²) < 4.78 is 10.6. The lowest BCUT2D eigenvalue weighted by atomic mass is 10.1. The first kappa shape index (κ1) is 20.1. The Labute approximate surface area is 163 Å². The molecule has 27 heavy (non-hydrogen) atoms. The summed E-state index contributed by atoms with van der Waals surface area (Å²) >= 11 is 0. The molecule has 6 nitrogen and oxygen atoms in total. The van der Waals surface area contributed by atoms with Gasteiger partial charge in [-0.2, -0.15) is 5.26 Å². The number of nitrogens with one attached hydrogen (secondary N) is 1. The van der Waals surface area contributed by atoms with Crippen LogP contribution in [-0.4, -0.2) is 81.5 Å². The molecule has 2 aliphatic rings. The Kier molecular flexibility index (Phi) is 7.91. The van der Waals surface area contributed by atoms with Crippen LogP contribution in [-0.2, 0) is 9.47 Å². The molecule has 1 aromatic carbocycles. The third kappa shape index (κ3) is 5.91. The first-order chi connectivity index (χ1) is 13.3. The van der Waals surface area contributed by atoms with E-state index in [-0.39, 0.29) is 0 Å². The molecule has 2 fully saturated rings. The normalized spacial score (nSPS) is 22.7. The van der Waals surface area contributed by atoms with Crippen LogP contribution in [0, 0.1) is 11.3 Å². The number of rotatable bonds is 11. The molecular weight excluding hydrogens is 340 g/mol. The van der Waals surface area contributed by atoms with Crippen molar-refractivity contribution in [3.05, 3.63) is 29.8 Å². The standard InChI is InChI=1S/C21H32N4O2/c1-26-13-14-27-12-11-24-16-20-7-8-21(17-24)25(20)10-2-9-23-19-5-3-18(15-22)4-6-19/h3-6,20-21,23H,2,7-14,16-17H2,1H3. The maximum atomic E-state index is 8.85. The summed E-state index contributed by atoms with van der Waals surface area (Å²) in [6.45, 7) is 7.68. The SMILES string of the molecule is COCCOCCN1CC2CCC(C1)N2CCCNc1ccc(C#N)cc1. The number of hydrogen-bond acceptors (Lipinski definition) is 6. The molecule has 2 atom stereocenters. The van der Waals surface area contributed by atoms with E-state index >= 15 is 0 Å². The zero-order valence-corrected chi connectivity index (χ0v) is 16.4. The molecule has 1 aromatic rings. The highest BCUT2D eigenvalue weighted by atomic mass is 16.5. The van der Waals surface area contributed by atoms with E-state index in [4.69, 9.17) is 14.7 Å². The molecule has 6 heteroatoms. The second-order valence-electron chi connectivity index (χ2n) is 7.46. The summed E-state index contributed by atoms with van der Waals surface area (Å²) in [7, 11) is 1.71. The maximum Gasteiger partial charge on any atom is 0.0991 e. The molecule has 3 rings (SSSR count). The first-order valence-corrected chi connectivity index (χ1v) is 10.1. The van der Waals surface area contributed by atoms with Crippen LogP contribution in [0.1, 0.15) is 24.8 Å². The summed E-state index contributed by atoms with van der Waals surface area (Å²) in [6, 6.07) is 11.3. The van der Waals surface area contributed by atoms with E-state index in [1.165, 1.54) is 25.9 Å². The van der Waals surface area contributed by atoms with Crippen molar-refractivity contribution in [2.24, 2.45) is 0 Å². The van der Waals surface area contributed by atoms with Crippen LogP contribution in [0.5, 0.6) is 0 Å². The number of ether oxygens (including phenoxy) is 2. The second-order valence-corrected chi connectivity index (χ2v) is 7.46. The van der Waals surface area contributed by atoms with Crippen LogP contribution in [0.2, 0.25) is 0 Å². The van der Waals surface area contributed by atoms with Crippen molar-refractivity contribution in [1.82, 2.24) is 9.80 Å². The molecule has 0 aliphatic carbocycles. The lowest BCUT2D eigenvalue weighted by Gasteiger charge is -2.41. The van der Waals surface area contributed by atoms with Crippen LogP contribution < -0.4 is 5.32 Å². The zero-order valence-electron chi connectivity index (χ0n) is 16.4. The van der Waals surface area contributed by atoms with Crippen molar-refractivity contribution >= 4 is 5.69 Å². The Bertz CT molecular complexity index is 587. The quantitative estimate of drug-likeness (QED) is 0.601. The van der Waals surface area contributed by atoms with Gasteiger partial charge in [-0.05, 0) is 43.5 Å². The van der Waals surface area contributed by atoms with Gasteiger partial charge in [0.25, 0.3) is 0 Å². The van der Waals surface area contributed by atoms with E-state index in [2.05, 4.69) is 21.2 Å². The summed E-state index contributed by atoms with van der Waals surface area (Å²) in [5.74, 6) is 0. The zero-order chi connectivity index (χ0) is 18.9. The highest BCUT2D eigenvalue weighted by Crippen LogP contribution is 2.30. The van der Waals surface area contributed by atoms with E-state index in [9.17, 15) is 0 Å². The van der Waals surface area contributed by atoms with Crippen molar-refractivity contribution in [3.8, 4) is 6.07 Å². The molecule has 2 saturated heterocycles. The average Bonchev–Trinajstić information content (AvgIpc) is 2.93. The van der Waals surface area contributed by atoms with Gasteiger partial charge in [0.15, 0.2) is 0 Å². The van der Waals surface area contributed by atoms with E-state index < -0.39 is 0 Å². The molecule has 0 amide bonds. The summed E-state index contributed by atoms with van der Waals surface area (Å²) in [5, 5.41) is 12.3. The number of piperazine rings is 1. The molecule has 2 unspecified atom stereocenters. The van der Waals surface area contributed by atoms with Crippen LogP contribution in [0.25, 0.3) is 0 Å². The molecule has 148 valence electrons. The number of likely N-dealkylation sites (tertiary alicyclic amines) is 1. The Balaban J connectivity index is 1.33. The second kappa shape index (κ2) is 10.6. The fourth-order valence-electron chi connectivity index (χ4n) is 4.22. The topological polar surface area (TPSA) is 60.8 Å². The molecule has 2 aliphatic heterocycles. The molecule has 0 saturated carbocycles. The van der Waals surface area contributed by atoms with Gasteiger partial charge >= 0.3 is 0 Å². The van der Waals surface area contributed by atoms with Gasteiger partial charge in [0, 0.05) is 57.6 Å². The maximum absolute atomic E-state index is 8.85. The number of nitriles is 1. The van der Waals surface area contributed by atoms with Gasteiger partial charge in [-0.1, -0.05) is 0 Å². The van der Waals surface area contributed by atoms with Gasteiger partial charge in [0.2, 0.25) is 0 Å². The molecule has 2 heterocycles. The van der Waals surface area contributed by atoms with Crippen molar-refractivity contribution in [3.63, 3.8) is 0 Å². The highest BCUT2D eigenvalue weighted by Gasteiger charge is 2.38. The number of hydrogen-bond donors (Lipinski definition) is 1. The molecule has 0 radical (unpaired) electrons. The number of nitrogens with zero attached hydrogens (tertiary/aromatic N) is 3. The van der Waals surface area contributed by atoms with E-state index in [0.717, 1.165) is 38.3 Å². The summed E-state index contributed by atoms with van der Waals surface area (Å²) in [6.07, 6.45) is 3.80. The molecule has 2 bridgehead atoms. The lowest BCUT2D eigenvalue weighted by Crippen LogP contribution is -2.54. The average molecular weight is 373 g/mol. The fraction of sp³-hybridized carbons (Fsp3) is 0.667. The predicted molar refractivity (Wildman–Crippen MR) is 107 cm³/mol. The van der Waals surface area contributed by atoms with Crippen LogP contribution in [0.3, 0.4) is 0 Å². The van der Waals surface area contributed by atoms with Gasteiger partial charge in [-0.25, -0.2) is 0 Å². The van der Waals surface area contributed by atoms with Gasteiger partial charge in [-0.3, -0.25) is 9.80 Å². The summed E-state index contributed by atoms with van der Waals surface area (Å²) in [4.78, 5) is 5.30. The van der Waals surface area contributed by atoms with Crippen molar-refractivity contribution < 1.29 is 9.47 Å². The van der Waals surface area contributed by atoms with Crippen LogP contribution in [0.15, 0.2) is 24.3 Å². The number of benzene rings is 1. The number of fused-ring (bicyclic) bond motifs is 2. The lowest BCUT2D eigenvalue weighted by molar-refractivity contribution is 0.0270. The minimum Gasteiger partial charge on any atom is -0.385 e. The first-order valence-electron chi connectivity index (χ1n) is 10.1. The Morgan fingerprint density at radius 3 is 2.48 bits per heavy atom. The van der Waals surface area contributed by atoms with Gasteiger partial charge in [0.05, 0.1) is 31.5 Å². The number of methoxy groups -OCH3 is 1. The van der Waals surface area contributed by atoms with E-state index in [1.807, 2.05) is 24.3 Å². The van der Waals surface area contributed by atoms with Crippen molar-refractivity contribution in [1.29, 1.82) is 5.26 Å². The van der Waals surface area contributed by atoms with Crippen molar-refractivity contribution in [2.45, 2.75) is 31.3 Å². The summed E-state index contributed by atoms with van der Waals surface area (Å²) in [5.41, 5.74) is 1.80. The van der Waals surface area contributed by atoms with Gasteiger partial charge < -0.3 is 14.8 Å². The molecule has 1 N–H and O–H groups in total. The van der Waals surface area contributed by atoms with Crippen molar-refractivity contribution in [2.75, 3.05) is 65.0 Å². The minimum absolute atomic E-state index is 0.676. The molecular formula is C21H32N4O2. The Hall–Kier alpha value is -1.65. The van der Waals surface area contributed by atoms with Gasteiger partial charge in [0.1, 0.15) is 0 Å². The third-order valence-corrected chi connectivity index (χ3v) is 5.63. The predicted octanol–water partition coefficient (Wildman–Crippen LogP) is 2.17. The monoisotopic (exact) mass is 372 g/mol. The Morgan fingerprint density at radius 2 is 1.81 bits per heavy atom. The molecule has 0 aromatic heterocycles. The van der Waals surface area contributed by atoms with E-state index in [0.29, 0.717) is 30.9 Å². The third-order valence-electron chi connectivity index (χ3n) is 5.63. The van der Waals surface area contributed by atoms with E-state index in [1.54, 1.807) is 7.11 Å². The highest BCUT2D eigenvalue weighted by molar-refractivity contribution is 5.47. The van der Waals surface area contributed by atoms with Crippen LogP contribution >= 0.6 is 0 Å². The fourth-order valence-corrected chi connectivity index (χ4v) is 4.22.